The molecule has 8 nitrogen and oxygen atoms in total. The number of carboxylic acids is 1. The molecule has 1 aromatic heterocycles. The van der Waals surface area contributed by atoms with Crippen LogP contribution in [-0.4, -0.2) is 44.5 Å². The van der Waals surface area contributed by atoms with Gasteiger partial charge in [-0.3, -0.25) is 23.9 Å². The van der Waals surface area contributed by atoms with Gasteiger partial charge in [-0.2, -0.15) is 0 Å². The number of benzene rings is 1. The molecule has 0 spiro atoms. The van der Waals surface area contributed by atoms with Crippen LogP contribution >= 0.6 is 0 Å². The normalized spacial score (nSPS) is 19.3. The number of H-pyrrole nitrogens is 1. The van der Waals surface area contributed by atoms with E-state index < -0.39 is 23.1 Å². The molecule has 2 N–H and O–H groups in total. The summed E-state index contributed by atoms with van der Waals surface area (Å²) in [5.74, 6) is -2.31. The minimum absolute atomic E-state index is 0.0876. The maximum absolute atomic E-state index is 12.7. The molecule has 1 fully saturated rings. The predicted molar refractivity (Wildman–Crippen MR) is 97.7 cm³/mol. The minimum Gasteiger partial charge on any atom is -0.481 e. The zero-order chi connectivity index (χ0) is 19.7. The molecule has 1 aromatic carbocycles. The van der Waals surface area contributed by atoms with E-state index in [1.165, 1.54) is 11.1 Å². The van der Waals surface area contributed by atoms with Crippen molar-refractivity contribution in [2.24, 2.45) is 5.92 Å². The third-order valence-corrected chi connectivity index (χ3v) is 5.07. The van der Waals surface area contributed by atoms with Crippen molar-refractivity contribution in [1.82, 2.24) is 14.5 Å². The molecule has 0 radical (unpaired) electrons. The second kappa shape index (κ2) is 7.22. The Hall–Kier alpha value is -3.16. The highest BCUT2D eigenvalue weighted by molar-refractivity contribution is 5.79. The Kier molecular flexibility index (Phi) is 4.98. The van der Waals surface area contributed by atoms with Gasteiger partial charge in [-0.15, -0.1) is 0 Å². The SMILES string of the molecule is Cc1ccccc1[C@@H]1CN(C(=O)Cn2cc(C)c(=O)[nH]c2=O)C[C@H]1C(=O)O. The first-order valence-electron chi connectivity index (χ1n) is 8.64. The van der Waals surface area contributed by atoms with Crippen LogP contribution in [0.5, 0.6) is 0 Å². The van der Waals surface area contributed by atoms with Crippen molar-refractivity contribution in [2.45, 2.75) is 26.3 Å². The molecule has 142 valence electrons. The summed E-state index contributed by atoms with van der Waals surface area (Å²) < 4.78 is 1.13. The summed E-state index contributed by atoms with van der Waals surface area (Å²) in [6.07, 6.45) is 1.34. The van der Waals surface area contributed by atoms with Gasteiger partial charge < -0.3 is 10.0 Å². The molecule has 0 unspecified atom stereocenters. The number of aliphatic carboxylic acids is 1. The number of amides is 1. The number of aromatic amines is 1. The number of aryl methyl sites for hydroxylation is 2. The molecular formula is C19H21N3O5. The molecule has 2 heterocycles. The van der Waals surface area contributed by atoms with Crippen LogP contribution < -0.4 is 11.2 Å². The molecule has 1 amide bonds. The molecule has 1 saturated heterocycles. The summed E-state index contributed by atoms with van der Waals surface area (Å²) in [6, 6.07) is 7.55. The summed E-state index contributed by atoms with van der Waals surface area (Å²) >= 11 is 0. The Balaban J connectivity index is 1.84. The maximum atomic E-state index is 12.7. The quantitative estimate of drug-likeness (QED) is 0.812. The second-order valence-corrected chi connectivity index (χ2v) is 6.91. The molecule has 1 aliphatic heterocycles. The Bertz CT molecular complexity index is 1010. The van der Waals surface area contributed by atoms with Gasteiger partial charge in [0.15, 0.2) is 0 Å². The lowest BCUT2D eigenvalue weighted by atomic mass is 9.86. The first kappa shape index (κ1) is 18.6. The summed E-state index contributed by atoms with van der Waals surface area (Å²) in [7, 11) is 0. The Labute approximate surface area is 155 Å². The van der Waals surface area contributed by atoms with Crippen LogP contribution in [0.25, 0.3) is 0 Å². The number of likely N-dealkylation sites (tertiary alicyclic amines) is 1. The zero-order valence-corrected chi connectivity index (χ0v) is 15.1. The fourth-order valence-corrected chi connectivity index (χ4v) is 3.56. The number of aromatic nitrogens is 2. The number of hydrogen-bond donors (Lipinski definition) is 2. The summed E-state index contributed by atoms with van der Waals surface area (Å²) in [5, 5.41) is 9.60. The van der Waals surface area contributed by atoms with Gasteiger partial charge in [0.1, 0.15) is 6.54 Å². The monoisotopic (exact) mass is 371 g/mol. The van der Waals surface area contributed by atoms with Crippen LogP contribution in [0.15, 0.2) is 40.1 Å². The van der Waals surface area contributed by atoms with E-state index in [1.54, 1.807) is 6.92 Å². The molecule has 1 aliphatic rings. The molecule has 8 heteroatoms. The van der Waals surface area contributed by atoms with E-state index in [0.717, 1.165) is 15.7 Å². The number of carbonyl (C=O) groups excluding carboxylic acids is 1. The van der Waals surface area contributed by atoms with Crippen LogP contribution in [0, 0.1) is 19.8 Å². The van der Waals surface area contributed by atoms with Gasteiger partial charge in [0.25, 0.3) is 5.56 Å². The fourth-order valence-electron chi connectivity index (χ4n) is 3.56. The number of hydrogen-bond acceptors (Lipinski definition) is 4. The van der Waals surface area contributed by atoms with Crippen molar-refractivity contribution < 1.29 is 14.7 Å². The van der Waals surface area contributed by atoms with E-state index in [4.69, 9.17) is 0 Å². The van der Waals surface area contributed by atoms with Gasteiger partial charge in [-0.1, -0.05) is 24.3 Å². The number of nitrogens with one attached hydrogen (secondary N) is 1. The Morgan fingerprint density at radius 1 is 1.15 bits per heavy atom. The van der Waals surface area contributed by atoms with Crippen LogP contribution in [0.2, 0.25) is 0 Å². The van der Waals surface area contributed by atoms with E-state index in [9.17, 15) is 24.3 Å². The van der Waals surface area contributed by atoms with Crippen LogP contribution in [0.4, 0.5) is 0 Å². The summed E-state index contributed by atoms with van der Waals surface area (Å²) in [4.78, 5) is 51.4. The lowest BCUT2D eigenvalue weighted by Gasteiger charge is -2.18. The van der Waals surface area contributed by atoms with Crippen molar-refractivity contribution >= 4 is 11.9 Å². The van der Waals surface area contributed by atoms with Crippen molar-refractivity contribution in [2.75, 3.05) is 13.1 Å². The molecule has 27 heavy (non-hydrogen) atoms. The Morgan fingerprint density at radius 2 is 1.85 bits per heavy atom. The standard InChI is InChI=1S/C19H21N3O5/c1-11-5-3-4-6-13(11)14-8-21(9-15(14)18(25)26)16(23)10-22-7-12(2)17(24)20-19(22)27/h3-7,14-15H,8-10H2,1-2H3,(H,25,26)(H,20,24,27)/t14-,15+/m0/s1. The van der Waals surface area contributed by atoms with Gasteiger partial charge in [0.2, 0.25) is 5.91 Å². The third-order valence-electron chi connectivity index (χ3n) is 5.07. The van der Waals surface area contributed by atoms with E-state index in [1.807, 2.05) is 31.2 Å². The van der Waals surface area contributed by atoms with Crippen LogP contribution in [-0.2, 0) is 16.1 Å². The highest BCUT2D eigenvalue weighted by Gasteiger charge is 2.40. The third kappa shape index (κ3) is 3.69. The van der Waals surface area contributed by atoms with E-state index in [2.05, 4.69) is 4.98 Å². The fraction of sp³-hybridized carbons (Fsp3) is 0.368. The average Bonchev–Trinajstić information content (AvgIpc) is 3.05. The van der Waals surface area contributed by atoms with Crippen molar-refractivity contribution in [3.05, 3.63) is 68.0 Å². The van der Waals surface area contributed by atoms with Crippen LogP contribution in [0.1, 0.15) is 22.6 Å². The number of carboxylic acid groups (broad SMARTS) is 1. The van der Waals surface area contributed by atoms with Gasteiger partial charge >= 0.3 is 11.7 Å². The lowest BCUT2D eigenvalue weighted by molar-refractivity contribution is -0.141. The van der Waals surface area contributed by atoms with Gasteiger partial charge in [-0.25, -0.2) is 4.79 Å². The molecule has 0 bridgehead atoms. The second-order valence-electron chi connectivity index (χ2n) is 6.91. The highest BCUT2D eigenvalue weighted by Crippen LogP contribution is 2.34. The van der Waals surface area contributed by atoms with Gasteiger partial charge in [0, 0.05) is 30.8 Å². The largest absolute Gasteiger partial charge is 0.481 e. The van der Waals surface area contributed by atoms with Crippen LogP contribution in [0.3, 0.4) is 0 Å². The topological polar surface area (TPSA) is 112 Å². The highest BCUT2D eigenvalue weighted by atomic mass is 16.4. The molecule has 3 rings (SSSR count). The van der Waals surface area contributed by atoms with Crippen molar-refractivity contribution in [1.29, 1.82) is 0 Å². The molecular weight excluding hydrogens is 350 g/mol. The first-order chi connectivity index (χ1) is 12.8. The molecule has 0 aliphatic carbocycles. The lowest BCUT2D eigenvalue weighted by Crippen LogP contribution is -2.38. The van der Waals surface area contributed by atoms with Crippen molar-refractivity contribution in [3.8, 4) is 0 Å². The summed E-state index contributed by atoms with van der Waals surface area (Å²) in [5.41, 5.74) is 1.07. The maximum Gasteiger partial charge on any atom is 0.328 e. The number of carbonyl (C=O) groups is 2. The minimum atomic E-state index is -0.949. The molecule has 2 aromatic rings. The number of rotatable bonds is 4. The van der Waals surface area contributed by atoms with Gasteiger partial charge in [-0.05, 0) is 25.0 Å². The summed E-state index contributed by atoms with van der Waals surface area (Å²) in [6.45, 7) is 3.58. The predicted octanol–water partition coefficient (Wildman–Crippen LogP) is 0.480. The molecule has 2 atom stereocenters. The van der Waals surface area contributed by atoms with Crippen molar-refractivity contribution in [3.63, 3.8) is 0 Å². The average molecular weight is 371 g/mol. The smallest absolute Gasteiger partial charge is 0.328 e. The van der Waals surface area contributed by atoms with E-state index in [-0.39, 0.29) is 31.5 Å². The molecule has 0 saturated carbocycles. The Morgan fingerprint density at radius 3 is 2.52 bits per heavy atom. The van der Waals surface area contributed by atoms with E-state index in [0.29, 0.717) is 5.56 Å². The first-order valence-corrected chi connectivity index (χ1v) is 8.64. The van der Waals surface area contributed by atoms with E-state index >= 15 is 0 Å². The number of nitrogens with zero attached hydrogens (tertiary/aromatic N) is 2. The zero-order valence-electron chi connectivity index (χ0n) is 15.1. The van der Waals surface area contributed by atoms with Gasteiger partial charge in [0.05, 0.1) is 5.92 Å².